The Morgan fingerprint density at radius 2 is 2.20 bits per heavy atom. The van der Waals surface area contributed by atoms with Crippen molar-refractivity contribution in [3.05, 3.63) is 35.9 Å². The Hall–Kier alpha value is -1.88. The molecule has 5 heteroatoms. The van der Waals surface area contributed by atoms with Crippen molar-refractivity contribution < 1.29 is 4.79 Å². The van der Waals surface area contributed by atoms with Gasteiger partial charge in [0.2, 0.25) is 0 Å². The number of carbonyl (C=O) groups is 1. The SMILES string of the molecule is O=C1NNCC1NN=Cc1ccccc1. The summed E-state index contributed by atoms with van der Waals surface area (Å²) < 4.78 is 0. The fraction of sp³-hybridized carbons (Fsp3) is 0.200. The number of hydrogen-bond acceptors (Lipinski definition) is 4. The molecule has 1 aromatic rings. The first kappa shape index (κ1) is 9.67. The number of hydrogen-bond donors (Lipinski definition) is 3. The Bertz CT molecular complexity index is 363. The van der Waals surface area contributed by atoms with Gasteiger partial charge >= 0.3 is 0 Å². The quantitative estimate of drug-likeness (QED) is 0.464. The maximum absolute atomic E-state index is 11.1. The number of carbonyl (C=O) groups excluding carboxylic acids is 1. The normalized spacial score (nSPS) is 20.5. The van der Waals surface area contributed by atoms with E-state index in [0.29, 0.717) is 6.54 Å². The molecular formula is C10H12N4O. The lowest BCUT2D eigenvalue weighted by molar-refractivity contribution is -0.121. The second-order valence-electron chi connectivity index (χ2n) is 3.22. The van der Waals surface area contributed by atoms with Crippen LogP contribution in [0, 0.1) is 0 Å². The van der Waals surface area contributed by atoms with E-state index in [0.717, 1.165) is 5.56 Å². The molecule has 3 N–H and O–H groups in total. The van der Waals surface area contributed by atoms with Gasteiger partial charge in [0.15, 0.2) is 0 Å². The topological polar surface area (TPSA) is 65.5 Å². The van der Waals surface area contributed by atoms with Crippen LogP contribution in [-0.4, -0.2) is 24.7 Å². The van der Waals surface area contributed by atoms with Gasteiger partial charge in [-0.05, 0) is 5.56 Å². The summed E-state index contributed by atoms with van der Waals surface area (Å²) in [7, 11) is 0. The van der Waals surface area contributed by atoms with E-state index in [9.17, 15) is 4.79 Å². The van der Waals surface area contributed by atoms with Crippen molar-refractivity contribution >= 4 is 12.1 Å². The first-order valence-electron chi connectivity index (χ1n) is 4.72. The zero-order valence-corrected chi connectivity index (χ0v) is 8.10. The van der Waals surface area contributed by atoms with Crippen LogP contribution in [0.2, 0.25) is 0 Å². The van der Waals surface area contributed by atoms with E-state index in [4.69, 9.17) is 0 Å². The molecule has 1 atom stereocenters. The predicted octanol–water partition coefficient (Wildman–Crippen LogP) is -0.387. The number of nitrogens with one attached hydrogen (secondary N) is 3. The van der Waals surface area contributed by atoms with Gasteiger partial charge in [0, 0.05) is 6.54 Å². The largest absolute Gasteiger partial charge is 0.296 e. The lowest BCUT2D eigenvalue weighted by atomic mass is 10.2. The minimum Gasteiger partial charge on any atom is -0.296 e. The zero-order valence-electron chi connectivity index (χ0n) is 8.10. The van der Waals surface area contributed by atoms with E-state index >= 15 is 0 Å². The summed E-state index contributed by atoms with van der Waals surface area (Å²) in [5.41, 5.74) is 9.00. The van der Waals surface area contributed by atoms with Gasteiger partial charge in [0.1, 0.15) is 6.04 Å². The van der Waals surface area contributed by atoms with E-state index in [-0.39, 0.29) is 11.9 Å². The van der Waals surface area contributed by atoms with Crippen molar-refractivity contribution in [2.24, 2.45) is 5.10 Å². The maximum Gasteiger partial charge on any atom is 0.259 e. The van der Waals surface area contributed by atoms with Gasteiger partial charge in [-0.2, -0.15) is 5.10 Å². The first-order valence-corrected chi connectivity index (χ1v) is 4.72. The molecule has 78 valence electrons. The highest BCUT2D eigenvalue weighted by Crippen LogP contribution is 1.94. The van der Waals surface area contributed by atoms with E-state index in [2.05, 4.69) is 21.4 Å². The second-order valence-corrected chi connectivity index (χ2v) is 3.22. The summed E-state index contributed by atoms with van der Waals surface area (Å²) in [6.07, 6.45) is 1.69. The number of benzene rings is 1. The average Bonchev–Trinajstić information content (AvgIpc) is 2.66. The zero-order chi connectivity index (χ0) is 10.5. The Labute approximate surface area is 87.5 Å². The van der Waals surface area contributed by atoms with E-state index in [1.807, 2.05) is 30.3 Å². The third kappa shape index (κ3) is 2.54. The molecule has 1 amide bonds. The van der Waals surface area contributed by atoms with Crippen LogP contribution in [0.1, 0.15) is 5.56 Å². The van der Waals surface area contributed by atoms with Gasteiger partial charge in [-0.25, -0.2) is 5.43 Å². The Kier molecular flexibility index (Phi) is 2.94. The van der Waals surface area contributed by atoms with Crippen LogP contribution in [0.25, 0.3) is 0 Å². The number of nitrogens with zero attached hydrogens (tertiary/aromatic N) is 1. The number of hydrazine groups is 1. The van der Waals surface area contributed by atoms with E-state index in [1.165, 1.54) is 0 Å². The molecule has 0 radical (unpaired) electrons. The molecule has 1 saturated heterocycles. The van der Waals surface area contributed by atoms with Crippen LogP contribution < -0.4 is 16.3 Å². The van der Waals surface area contributed by atoms with Crippen molar-refractivity contribution in [3.63, 3.8) is 0 Å². The van der Waals surface area contributed by atoms with Crippen molar-refractivity contribution in [2.45, 2.75) is 6.04 Å². The van der Waals surface area contributed by atoms with Crippen LogP contribution in [-0.2, 0) is 4.79 Å². The molecule has 15 heavy (non-hydrogen) atoms. The third-order valence-corrected chi connectivity index (χ3v) is 2.08. The molecule has 1 aliphatic heterocycles. The molecule has 1 fully saturated rings. The van der Waals surface area contributed by atoms with Crippen LogP contribution in [0.3, 0.4) is 0 Å². The van der Waals surface area contributed by atoms with Crippen molar-refractivity contribution in [1.82, 2.24) is 16.3 Å². The summed E-state index contributed by atoms with van der Waals surface area (Å²) in [6, 6.07) is 9.41. The molecule has 0 spiro atoms. The average molecular weight is 204 g/mol. The highest BCUT2D eigenvalue weighted by atomic mass is 16.2. The van der Waals surface area contributed by atoms with Crippen molar-refractivity contribution in [2.75, 3.05) is 6.54 Å². The van der Waals surface area contributed by atoms with Gasteiger partial charge in [0.25, 0.3) is 5.91 Å². The number of hydrazone groups is 1. The molecule has 2 rings (SSSR count). The molecule has 1 aromatic carbocycles. The van der Waals surface area contributed by atoms with E-state index in [1.54, 1.807) is 6.21 Å². The minimum absolute atomic E-state index is 0.0831. The Morgan fingerprint density at radius 1 is 1.40 bits per heavy atom. The van der Waals surface area contributed by atoms with Gasteiger partial charge in [-0.3, -0.25) is 15.6 Å². The van der Waals surface area contributed by atoms with Crippen molar-refractivity contribution in [3.8, 4) is 0 Å². The summed E-state index contributed by atoms with van der Waals surface area (Å²) in [5.74, 6) is -0.0831. The Balaban J connectivity index is 1.88. The molecule has 0 saturated carbocycles. The molecule has 5 nitrogen and oxygen atoms in total. The number of rotatable bonds is 3. The molecule has 0 aliphatic carbocycles. The third-order valence-electron chi connectivity index (χ3n) is 2.08. The van der Waals surface area contributed by atoms with Crippen molar-refractivity contribution in [1.29, 1.82) is 0 Å². The second kappa shape index (κ2) is 4.56. The predicted molar refractivity (Wildman–Crippen MR) is 57.1 cm³/mol. The molecule has 0 aromatic heterocycles. The molecule has 1 heterocycles. The highest BCUT2D eigenvalue weighted by Gasteiger charge is 2.22. The first-order chi connectivity index (χ1) is 7.36. The summed E-state index contributed by atoms with van der Waals surface area (Å²) in [4.78, 5) is 11.1. The summed E-state index contributed by atoms with van der Waals surface area (Å²) in [6.45, 7) is 0.547. The lowest BCUT2D eigenvalue weighted by Gasteiger charge is -2.03. The maximum atomic E-state index is 11.1. The van der Waals surface area contributed by atoms with Crippen LogP contribution in [0.15, 0.2) is 35.4 Å². The van der Waals surface area contributed by atoms with Crippen LogP contribution in [0.5, 0.6) is 0 Å². The monoisotopic (exact) mass is 204 g/mol. The lowest BCUT2D eigenvalue weighted by Crippen LogP contribution is -2.34. The van der Waals surface area contributed by atoms with Gasteiger partial charge < -0.3 is 0 Å². The van der Waals surface area contributed by atoms with Crippen LogP contribution in [0.4, 0.5) is 0 Å². The standard InChI is InChI=1S/C10H12N4O/c15-10-9(7-12-14-10)13-11-6-8-4-2-1-3-5-8/h1-6,9,12-13H,7H2,(H,14,15). The summed E-state index contributed by atoms with van der Waals surface area (Å²) in [5, 5.41) is 4.00. The molecular weight excluding hydrogens is 192 g/mol. The molecule has 1 aliphatic rings. The summed E-state index contributed by atoms with van der Waals surface area (Å²) >= 11 is 0. The molecule has 1 unspecified atom stereocenters. The van der Waals surface area contributed by atoms with Gasteiger partial charge in [0.05, 0.1) is 6.21 Å². The highest BCUT2D eigenvalue weighted by molar-refractivity contribution is 5.84. The fourth-order valence-corrected chi connectivity index (χ4v) is 1.27. The van der Waals surface area contributed by atoms with Gasteiger partial charge in [-0.15, -0.1) is 0 Å². The number of amides is 1. The van der Waals surface area contributed by atoms with Gasteiger partial charge in [-0.1, -0.05) is 30.3 Å². The Morgan fingerprint density at radius 3 is 2.87 bits per heavy atom. The molecule has 0 bridgehead atoms. The fourth-order valence-electron chi connectivity index (χ4n) is 1.27. The van der Waals surface area contributed by atoms with Crippen LogP contribution >= 0.6 is 0 Å². The smallest absolute Gasteiger partial charge is 0.259 e. The minimum atomic E-state index is -0.287. The van der Waals surface area contributed by atoms with E-state index < -0.39 is 0 Å².